The first-order valence-corrected chi connectivity index (χ1v) is 25.0. The van der Waals surface area contributed by atoms with Crippen LogP contribution in [0.3, 0.4) is 0 Å². The molecule has 21 heteroatoms. The minimum Gasteiger partial charge on any atom is -0.493 e. The fraction of sp³-hybridized carbons (Fsp3) is 0.321. The van der Waals surface area contributed by atoms with E-state index in [1.807, 2.05) is 48.2 Å². The number of nitrogens with one attached hydrogen (secondary N) is 3. The molecule has 4 N–H and O–H groups in total. The summed E-state index contributed by atoms with van der Waals surface area (Å²) in [6.07, 6.45) is -3.17. The number of amides is 4. The summed E-state index contributed by atoms with van der Waals surface area (Å²) in [5.74, 6) is -2.69. The Morgan fingerprint density at radius 3 is 2.51 bits per heavy atom. The number of thiazole rings is 1. The number of pyridine rings is 1. The molecule has 0 spiro atoms. The molecule has 2 fully saturated rings. The van der Waals surface area contributed by atoms with Gasteiger partial charge in [-0.1, -0.05) is 59.9 Å². The number of carboxylic acids is 1. The number of carbonyl (C=O) groups excluding carboxylic acids is 4. The molecule has 2 atom stereocenters. The molecule has 3 aromatic heterocycles. The van der Waals surface area contributed by atoms with Gasteiger partial charge in [-0.05, 0) is 90.9 Å². The number of halogens is 3. The number of fused-ring (bicyclic) bond motifs is 3. The van der Waals surface area contributed by atoms with Gasteiger partial charge in [-0.25, -0.2) is 14.8 Å². The Balaban J connectivity index is 0.752. The molecule has 6 heterocycles. The van der Waals surface area contributed by atoms with Crippen molar-refractivity contribution >= 4 is 78.7 Å². The van der Waals surface area contributed by atoms with Gasteiger partial charge in [0.2, 0.25) is 17.7 Å². The summed E-state index contributed by atoms with van der Waals surface area (Å²) < 4.78 is 52.4. The maximum atomic E-state index is 14.6. The predicted octanol–water partition coefficient (Wildman–Crippen LogP) is 7.54. The summed E-state index contributed by atoms with van der Waals surface area (Å²) in [5, 5.41) is 24.1. The lowest BCUT2D eigenvalue weighted by Crippen LogP contribution is -2.60. The summed E-state index contributed by atoms with van der Waals surface area (Å²) in [4.78, 5) is 78.3. The lowest BCUT2D eigenvalue weighted by atomic mass is 9.92. The second-order valence-corrected chi connectivity index (χ2v) is 19.7. The second-order valence-electron chi connectivity index (χ2n) is 18.6. The van der Waals surface area contributed by atoms with E-state index in [4.69, 9.17) is 4.74 Å². The monoisotopic (exact) mass is 1030 g/mol. The van der Waals surface area contributed by atoms with Gasteiger partial charge < -0.3 is 25.0 Å². The van der Waals surface area contributed by atoms with Crippen molar-refractivity contribution in [1.29, 1.82) is 0 Å². The van der Waals surface area contributed by atoms with Gasteiger partial charge in [0.05, 0.1) is 46.2 Å². The molecular formula is C53H51F3N10O7S. The van der Waals surface area contributed by atoms with Crippen LogP contribution < -0.4 is 25.6 Å². The number of hydrogen-bond acceptors (Lipinski definition) is 13. The zero-order chi connectivity index (χ0) is 51.8. The maximum absolute atomic E-state index is 14.6. The Kier molecular flexibility index (Phi) is 13.9. The molecule has 382 valence electrons. The first-order chi connectivity index (χ1) is 35.6. The highest BCUT2D eigenvalue weighted by molar-refractivity contribution is 7.22. The molecular weight excluding hydrogens is 978 g/mol. The van der Waals surface area contributed by atoms with Gasteiger partial charge >= 0.3 is 12.1 Å². The Morgan fingerprint density at radius 1 is 0.905 bits per heavy atom. The number of aromatic carboxylic acids is 1. The second kappa shape index (κ2) is 20.6. The van der Waals surface area contributed by atoms with Gasteiger partial charge in [-0.2, -0.15) is 18.3 Å². The van der Waals surface area contributed by atoms with Crippen LogP contribution in [0.15, 0.2) is 91.0 Å². The van der Waals surface area contributed by atoms with E-state index in [9.17, 15) is 42.3 Å². The van der Waals surface area contributed by atoms with Crippen LogP contribution in [0.5, 0.6) is 5.75 Å². The van der Waals surface area contributed by atoms with Gasteiger partial charge in [0.15, 0.2) is 10.8 Å². The van der Waals surface area contributed by atoms with Crippen LogP contribution in [0, 0.1) is 6.92 Å². The number of imide groups is 1. The molecule has 3 aliphatic rings. The number of carbonyl (C=O) groups is 5. The third-order valence-corrected chi connectivity index (χ3v) is 14.9. The number of piperidine rings is 1. The summed E-state index contributed by atoms with van der Waals surface area (Å²) in [6.45, 7) is 2.60. The zero-order valence-electron chi connectivity index (χ0n) is 40.4. The molecule has 4 aromatic carbocycles. The van der Waals surface area contributed by atoms with E-state index in [2.05, 4.69) is 31.0 Å². The summed E-state index contributed by atoms with van der Waals surface area (Å²) in [5.41, 5.74) is 5.92. The lowest BCUT2D eigenvalue weighted by molar-refractivity contribution is -0.197. The molecule has 74 heavy (non-hydrogen) atoms. The molecule has 7 aromatic rings. The number of piperazine rings is 1. The molecule has 0 bridgehead atoms. The van der Waals surface area contributed by atoms with E-state index >= 15 is 0 Å². The highest BCUT2D eigenvalue weighted by Gasteiger charge is 2.47. The number of aromatic nitrogens is 4. The van der Waals surface area contributed by atoms with Crippen molar-refractivity contribution in [1.82, 2.24) is 34.9 Å². The minimum absolute atomic E-state index is 0.0110. The van der Waals surface area contributed by atoms with Crippen molar-refractivity contribution in [2.24, 2.45) is 7.05 Å². The number of nitrogens with zero attached hydrogens (tertiary/aromatic N) is 7. The predicted molar refractivity (Wildman–Crippen MR) is 273 cm³/mol. The number of anilines is 3. The Bertz CT molecular complexity index is 3330. The topological polar surface area (TPSA) is 204 Å². The van der Waals surface area contributed by atoms with Crippen LogP contribution in [0.2, 0.25) is 0 Å². The Labute approximate surface area is 426 Å². The Hall–Kier alpha value is -7.75. The third kappa shape index (κ3) is 10.3. The number of ether oxygens (including phenoxy) is 1. The molecule has 0 saturated carbocycles. The van der Waals surface area contributed by atoms with Gasteiger partial charge in [0.1, 0.15) is 17.6 Å². The SMILES string of the molecule is Cc1c(OCCCN2CCN(CC(=O)Nc3cccc4c(C5CCC(=O)NC5=O)nn(C)c34)C(C(F)(F)F)C2)cccc1-c1ccc(N2CCc3cccc(C(=O)Nc4nc5ccccc5s4)c3C2)nc1C(=O)O. The van der Waals surface area contributed by atoms with Crippen molar-refractivity contribution in [3.05, 3.63) is 125 Å². The van der Waals surface area contributed by atoms with Crippen LogP contribution in [0.4, 0.5) is 29.8 Å². The molecule has 0 radical (unpaired) electrons. The molecule has 3 aliphatic heterocycles. The number of carboxylic acid groups (broad SMARTS) is 1. The average molecular weight is 1030 g/mol. The van der Waals surface area contributed by atoms with Crippen LogP contribution in [-0.2, 0) is 34.4 Å². The maximum Gasteiger partial charge on any atom is 0.405 e. The average Bonchev–Trinajstić information content (AvgIpc) is 3.95. The van der Waals surface area contributed by atoms with Crippen LogP contribution in [-0.4, -0.2) is 122 Å². The van der Waals surface area contributed by atoms with Gasteiger partial charge in [-0.3, -0.25) is 39.4 Å². The van der Waals surface area contributed by atoms with Crippen LogP contribution >= 0.6 is 11.3 Å². The highest BCUT2D eigenvalue weighted by atomic mass is 32.1. The number of rotatable bonds is 14. The smallest absolute Gasteiger partial charge is 0.405 e. The molecule has 2 saturated heterocycles. The van der Waals surface area contributed by atoms with E-state index in [0.29, 0.717) is 93.7 Å². The summed E-state index contributed by atoms with van der Waals surface area (Å²) in [6, 6.07) is 25.2. The number of alkyl halides is 3. The zero-order valence-corrected chi connectivity index (χ0v) is 41.2. The summed E-state index contributed by atoms with van der Waals surface area (Å²) >= 11 is 1.39. The van der Waals surface area contributed by atoms with Crippen molar-refractivity contribution in [3.8, 4) is 16.9 Å². The molecule has 10 rings (SSSR count). The van der Waals surface area contributed by atoms with E-state index in [-0.39, 0.29) is 56.6 Å². The fourth-order valence-corrected chi connectivity index (χ4v) is 11.1. The fourth-order valence-electron chi connectivity index (χ4n) is 10.2. The first kappa shape index (κ1) is 49.8. The number of hydrogen-bond donors (Lipinski definition) is 4. The van der Waals surface area contributed by atoms with Gasteiger partial charge in [-0.15, -0.1) is 0 Å². The van der Waals surface area contributed by atoms with Crippen LogP contribution in [0.1, 0.15) is 68.4 Å². The normalized spacial score (nSPS) is 17.6. The number of benzene rings is 4. The highest BCUT2D eigenvalue weighted by Crippen LogP contribution is 2.37. The van der Waals surface area contributed by atoms with Crippen molar-refractivity contribution in [2.45, 2.75) is 57.3 Å². The van der Waals surface area contributed by atoms with Crippen molar-refractivity contribution in [3.63, 3.8) is 0 Å². The van der Waals surface area contributed by atoms with Gasteiger partial charge in [0, 0.05) is 69.3 Å². The number of aryl methyl sites for hydroxylation is 1. The lowest BCUT2D eigenvalue weighted by Gasteiger charge is -2.41. The van der Waals surface area contributed by atoms with Gasteiger partial charge in [0.25, 0.3) is 5.91 Å². The van der Waals surface area contributed by atoms with Crippen molar-refractivity contribution in [2.75, 3.05) is 61.4 Å². The largest absolute Gasteiger partial charge is 0.493 e. The van der Waals surface area contributed by atoms with Crippen LogP contribution in [0.25, 0.3) is 32.2 Å². The minimum atomic E-state index is -4.62. The standard InChI is InChI=1S/C53H51F3N10O7S/c1-30-32(33-17-19-43(59-47(33)51(71)72)66-23-21-31-9-5-11-34(37(31)27-66)49(69)61-52-58-38-13-3-4-16-41(38)74-52)10-7-15-40(30)73-26-8-22-64-24-25-65(42(28-64)53(54,55)56)29-45(68)57-39-14-6-12-35-46(62-63(2)48(35)39)36-18-20-44(67)60-50(36)70/h3-7,9-17,19,36,42H,8,18,20-29H2,1-2H3,(H,57,68)(H,71,72)(H,58,61,69)(H,60,67,70). The molecule has 17 nitrogen and oxygen atoms in total. The van der Waals surface area contributed by atoms with E-state index in [0.717, 1.165) is 26.2 Å². The third-order valence-electron chi connectivity index (χ3n) is 13.9. The first-order valence-electron chi connectivity index (χ1n) is 24.2. The van der Waals surface area contributed by atoms with E-state index in [1.54, 1.807) is 66.5 Å². The molecule has 2 unspecified atom stereocenters. The molecule has 0 aliphatic carbocycles. The number of para-hydroxylation sites is 2. The summed E-state index contributed by atoms with van der Waals surface area (Å²) in [7, 11) is 1.65. The van der Waals surface area contributed by atoms with E-state index < -0.39 is 42.5 Å². The Morgan fingerprint density at radius 2 is 1.72 bits per heavy atom. The quantitative estimate of drug-likeness (QED) is 0.0615. The molecule has 4 amide bonds. The van der Waals surface area contributed by atoms with E-state index in [1.165, 1.54) is 16.0 Å². The van der Waals surface area contributed by atoms with Crippen molar-refractivity contribution < 1.29 is 47.0 Å².